The molecule has 0 bridgehead atoms. The van der Waals surface area contributed by atoms with Crippen molar-refractivity contribution in [3.8, 4) is 11.3 Å². The molecule has 1 amide bonds. The molecule has 3 aromatic rings. The van der Waals surface area contributed by atoms with Gasteiger partial charge in [-0.25, -0.2) is 12.8 Å². The fourth-order valence-electron chi connectivity index (χ4n) is 2.62. The molecule has 0 radical (unpaired) electrons. The van der Waals surface area contributed by atoms with E-state index in [1.807, 2.05) is 0 Å². The van der Waals surface area contributed by atoms with Gasteiger partial charge in [-0.3, -0.25) is 4.79 Å². The lowest BCUT2D eigenvalue weighted by atomic mass is 10.1. The molecule has 0 aliphatic carbocycles. The summed E-state index contributed by atoms with van der Waals surface area (Å²) in [6, 6.07) is 11.4. The molecule has 28 heavy (non-hydrogen) atoms. The number of sulfone groups is 1. The zero-order chi connectivity index (χ0) is 20.3. The summed E-state index contributed by atoms with van der Waals surface area (Å²) in [7, 11) is -3.66. The Balaban J connectivity index is 1.73. The Bertz CT molecular complexity index is 1110. The number of nitrogens with zero attached hydrogens (tertiary/aromatic N) is 1. The second-order valence-electron chi connectivity index (χ2n) is 5.97. The Kier molecular flexibility index (Phi) is 5.81. The van der Waals surface area contributed by atoms with Crippen LogP contribution in [0.15, 0.2) is 57.9 Å². The summed E-state index contributed by atoms with van der Waals surface area (Å²) >= 11 is 6.17. The molecule has 3 rings (SSSR count). The third kappa shape index (κ3) is 4.23. The molecule has 6 nitrogen and oxygen atoms in total. The fraction of sp³-hybridized carbons (Fsp3) is 0.158. The maximum Gasteiger partial charge on any atom is 0.257 e. The van der Waals surface area contributed by atoms with Gasteiger partial charge in [-0.15, -0.1) is 0 Å². The van der Waals surface area contributed by atoms with Crippen LogP contribution in [0.3, 0.4) is 0 Å². The van der Waals surface area contributed by atoms with Crippen LogP contribution in [0.25, 0.3) is 11.3 Å². The molecule has 0 fully saturated rings. The molecular formula is C19H16ClFN2O4S. The summed E-state index contributed by atoms with van der Waals surface area (Å²) in [6.07, 6.45) is 0. The van der Waals surface area contributed by atoms with Gasteiger partial charge in [-0.2, -0.15) is 0 Å². The second kappa shape index (κ2) is 8.12. The van der Waals surface area contributed by atoms with Crippen LogP contribution in [-0.2, 0) is 9.84 Å². The second-order valence-corrected chi connectivity index (χ2v) is 8.49. The first-order chi connectivity index (χ1) is 13.3. The van der Waals surface area contributed by atoms with Crippen molar-refractivity contribution in [3.05, 3.63) is 70.7 Å². The summed E-state index contributed by atoms with van der Waals surface area (Å²) in [4.78, 5) is 12.6. The van der Waals surface area contributed by atoms with E-state index in [4.69, 9.17) is 16.1 Å². The molecule has 0 saturated heterocycles. The molecule has 0 aliphatic heterocycles. The quantitative estimate of drug-likeness (QED) is 0.612. The van der Waals surface area contributed by atoms with Gasteiger partial charge in [0.15, 0.2) is 9.84 Å². The summed E-state index contributed by atoms with van der Waals surface area (Å²) in [5.74, 6) is -1.10. The number of hydrogen-bond donors (Lipinski definition) is 1. The summed E-state index contributed by atoms with van der Waals surface area (Å²) in [5, 5.41) is 6.87. The molecule has 0 atom stereocenters. The predicted molar refractivity (Wildman–Crippen MR) is 102 cm³/mol. The molecule has 0 spiro atoms. The van der Waals surface area contributed by atoms with E-state index >= 15 is 0 Å². The van der Waals surface area contributed by atoms with Gasteiger partial charge >= 0.3 is 0 Å². The topological polar surface area (TPSA) is 89.3 Å². The maximum atomic E-state index is 13.0. The number of amides is 1. The molecule has 0 unspecified atom stereocenters. The lowest BCUT2D eigenvalue weighted by molar-refractivity contribution is 0.0955. The van der Waals surface area contributed by atoms with E-state index in [0.717, 1.165) is 12.1 Å². The van der Waals surface area contributed by atoms with E-state index in [2.05, 4.69) is 10.5 Å². The molecule has 2 aromatic carbocycles. The Morgan fingerprint density at radius 2 is 1.86 bits per heavy atom. The number of halogens is 2. The lowest BCUT2D eigenvalue weighted by Crippen LogP contribution is -2.29. The number of aromatic nitrogens is 1. The van der Waals surface area contributed by atoms with Gasteiger partial charge in [0.25, 0.3) is 5.91 Å². The average molecular weight is 423 g/mol. The van der Waals surface area contributed by atoms with Gasteiger partial charge in [0, 0.05) is 12.1 Å². The minimum Gasteiger partial charge on any atom is -0.360 e. The monoisotopic (exact) mass is 422 g/mol. The first-order valence-corrected chi connectivity index (χ1v) is 10.3. The summed E-state index contributed by atoms with van der Waals surface area (Å²) < 4.78 is 42.7. The van der Waals surface area contributed by atoms with Crippen molar-refractivity contribution in [2.24, 2.45) is 0 Å². The van der Waals surface area contributed by atoms with E-state index in [0.29, 0.717) is 10.6 Å². The van der Waals surface area contributed by atoms with Crippen LogP contribution in [0.4, 0.5) is 4.39 Å². The first-order valence-electron chi connectivity index (χ1n) is 8.27. The first kappa shape index (κ1) is 20.0. The van der Waals surface area contributed by atoms with Crippen molar-refractivity contribution in [1.82, 2.24) is 10.5 Å². The Labute approximate surface area is 166 Å². The van der Waals surface area contributed by atoms with Crippen LogP contribution in [-0.4, -0.2) is 31.8 Å². The van der Waals surface area contributed by atoms with Crippen LogP contribution in [0.5, 0.6) is 0 Å². The van der Waals surface area contributed by atoms with Crippen LogP contribution >= 0.6 is 11.6 Å². The van der Waals surface area contributed by atoms with Crippen molar-refractivity contribution < 1.29 is 22.1 Å². The predicted octanol–water partition coefficient (Wildman–Crippen LogP) is 3.65. The zero-order valence-corrected chi connectivity index (χ0v) is 16.3. The minimum atomic E-state index is -3.66. The highest BCUT2D eigenvalue weighted by Gasteiger charge is 2.23. The SMILES string of the molecule is Cc1onc(-c2ccccc2Cl)c1C(=O)NCCS(=O)(=O)c1ccc(F)cc1. The maximum absolute atomic E-state index is 13.0. The molecular weight excluding hydrogens is 407 g/mol. The highest BCUT2D eigenvalue weighted by atomic mass is 35.5. The van der Waals surface area contributed by atoms with Crippen LogP contribution in [0.2, 0.25) is 5.02 Å². The molecule has 146 valence electrons. The van der Waals surface area contributed by atoms with Crippen molar-refractivity contribution in [2.75, 3.05) is 12.3 Å². The molecule has 0 aliphatic rings. The number of hydrogen-bond acceptors (Lipinski definition) is 5. The van der Waals surface area contributed by atoms with Gasteiger partial charge in [-0.1, -0.05) is 35.0 Å². The number of nitrogens with one attached hydrogen (secondary N) is 1. The Morgan fingerprint density at radius 3 is 2.54 bits per heavy atom. The number of carbonyl (C=O) groups is 1. The van der Waals surface area contributed by atoms with Gasteiger partial charge in [0.05, 0.1) is 15.7 Å². The number of benzene rings is 2. The van der Waals surface area contributed by atoms with Gasteiger partial charge in [-0.05, 0) is 37.3 Å². The van der Waals surface area contributed by atoms with E-state index in [1.165, 1.54) is 12.1 Å². The third-order valence-corrected chi connectivity index (χ3v) is 6.11. The van der Waals surface area contributed by atoms with Crippen LogP contribution in [0, 0.1) is 12.7 Å². The van der Waals surface area contributed by atoms with Crippen molar-refractivity contribution >= 4 is 27.3 Å². The van der Waals surface area contributed by atoms with Gasteiger partial charge < -0.3 is 9.84 Å². The molecule has 1 aromatic heterocycles. The number of rotatable bonds is 6. The average Bonchev–Trinajstić information content (AvgIpc) is 3.03. The van der Waals surface area contributed by atoms with E-state index in [9.17, 15) is 17.6 Å². The lowest BCUT2D eigenvalue weighted by Gasteiger charge is -2.08. The van der Waals surface area contributed by atoms with Crippen LogP contribution < -0.4 is 5.32 Å². The molecule has 0 saturated carbocycles. The third-order valence-electron chi connectivity index (χ3n) is 4.05. The fourth-order valence-corrected chi connectivity index (χ4v) is 4.01. The van der Waals surface area contributed by atoms with Crippen molar-refractivity contribution in [2.45, 2.75) is 11.8 Å². The normalized spacial score (nSPS) is 11.4. The summed E-state index contributed by atoms with van der Waals surface area (Å²) in [6.45, 7) is 1.45. The number of aryl methyl sites for hydroxylation is 1. The van der Waals surface area contributed by atoms with E-state index < -0.39 is 21.6 Å². The van der Waals surface area contributed by atoms with E-state index in [-0.39, 0.29) is 34.2 Å². The number of carbonyl (C=O) groups excluding carboxylic acids is 1. The summed E-state index contributed by atoms with van der Waals surface area (Å²) in [5.41, 5.74) is 0.999. The highest BCUT2D eigenvalue weighted by molar-refractivity contribution is 7.91. The van der Waals surface area contributed by atoms with Crippen molar-refractivity contribution in [3.63, 3.8) is 0 Å². The smallest absolute Gasteiger partial charge is 0.257 e. The van der Waals surface area contributed by atoms with Gasteiger partial charge in [0.1, 0.15) is 22.8 Å². The van der Waals surface area contributed by atoms with E-state index in [1.54, 1.807) is 31.2 Å². The van der Waals surface area contributed by atoms with Crippen molar-refractivity contribution in [1.29, 1.82) is 0 Å². The zero-order valence-electron chi connectivity index (χ0n) is 14.8. The standard InChI is InChI=1S/C19H16ClFN2O4S/c1-12-17(18(23-27-12)15-4-2-3-5-16(15)20)19(24)22-10-11-28(25,26)14-8-6-13(21)7-9-14/h2-9H,10-11H2,1H3,(H,22,24). The van der Waals surface area contributed by atoms with Crippen LogP contribution in [0.1, 0.15) is 16.1 Å². The Morgan fingerprint density at radius 1 is 1.18 bits per heavy atom. The largest absolute Gasteiger partial charge is 0.360 e. The molecule has 1 heterocycles. The minimum absolute atomic E-state index is 0.0129. The Hall–Kier alpha value is -2.71. The van der Waals surface area contributed by atoms with Gasteiger partial charge in [0.2, 0.25) is 0 Å². The molecule has 1 N–H and O–H groups in total. The highest BCUT2D eigenvalue weighted by Crippen LogP contribution is 2.30. The molecule has 9 heteroatoms.